The zero-order valence-corrected chi connectivity index (χ0v) is 13.8. The fourth-order valence-corrected chi connectivity index (χ4v) is 1.73. The third-order valence-corrected chi connectivity index (χ3v) is 2.64. The summed E-state index contributed by atoms with van der Waals surface area (Å²) in [5.74, 6) is 0.208. The van der Waals surface area contributed by atoms with Crippen LogP contribution in [0.15, 0.2) is 6.20 Å². The van der Waals surface area contributed by atoms with Gasteiger partial charge in [-0.1, -0.05) is 0 Å². The first-order valence-electron chi connectivity index (χ1n) is 7.00. The summed E-state index contributed by atoms with van der Waals surface area (Å²) in [6.07, 6.45) is 2.25. The molecule has 0 radical (unpaired) electrons. The Hall–Kier alpha value is -1.40. The van der Waals surface area contributed by atoms with Crippen molar-refractivity contribution in [2.45, 2.75) is 39.7 Å². The van der Waals surface area contributed by atoms with E-state index < -0.39 is 0 Å². The van der Waals surface area contributed by atoms with Crippen LogP contribution in [0.4, 0.5) is 5.82 Å². The largest absolute Gasteiger partial charge is 0.382 e. The predicted molar refractivity (Wildman–Crippen MR) is 83.9 cm³/mol. The molecule has 0 spiro atoms. The second-order valence-corrected chi connectivity index (χ2v) is 5.92. The maximum absolute atomic E-state index is 12.2. The fourth-order valence-electron chi connectivity index (χ4n) is 1.59. The molecule has 1 rings (SSSR count). The lowest BCUT2D eigenvalue weighted by Gasteiger charge is -2.21. The Bertz CT molecular complexity index is 475. The topological polar surface area (TPSA) is 76.1 Å². The summed E-state index contributed by atoms with van der Waals surface area (Å²) < 4.78 is 5.26. The SMILES string of the molecule is CCOCCCNc1nc(Cl)ncc1C(=O)NC(C)(C)C. The maximum Gasteiger partial charge on any atom is 0.257 e. The van der Waals surface area contributed by atoms with Crippen molar-refractivity contribution in [2.75, 3.05) is 25.1 Å². The quantitative estimate of drug-likeness (QED) is 0.597. The number of nitrogens with zero attached hydrogens (tertiary/aromatic N) is 2. The van der Waals surface area contributed by atoms with Crippen LogP contribution in [0.3, 0.4) is 0 Å². The molecule has 6 nitrogen and oxygen atoms in total. The second-order valence-electron chi connectivity index (χ2n) is 5.58. The van der Waals surface area contributed by atoms with Crippen LogP contribution in [0.25, 0.3) is 0 Å². The van der Waals surface area contributed by atoms with Gasteiger partial charge in [-0.05, 0) is 45.7 Å². The highest BCUT2D eigenvalue weighted by molar-refractivity contribution is 6.28. The van der Waals surface area contributed by atoms with Gasteiger partial charge in [-0.3, -0.25) is 4.79 Å². The van der Waals surface area contributed by atoms with Crippen molar-refractivity contribution in [3.63, 3.8) is 0 Å². The Balaban J connectivity index is 2.73. The number of aromatic nitrogens is 2. The van der Waals surface area contributed by atoms with E-state index in [1.807, 2.05) is 27.7 Å². The average molecular weight is 315 g/mol. The molecular formula is C14H23ClN4O2. The van der Waals surface area contributed by atoms with E-state index >= 15 is 0 Å². The van der Waals surface area contributed by atoms with Gasteiger partial charge in [0, 0.05) is 31.5 Å². The molecule has 0 aromatic carbocycles. The highest BCUT2D eigenvalue weighted by Crippen LogP contribution is 2.15. The van der Waals surface area contributed by atoms with Gasteiger partial charge in [0.25, 0.3) is 5.91 Å². The number of ether oxygens (including phenoxy) is 1. The van der Waals surface area contributed by atoms with Crippen LogP contribution in [-0.4, -0.2) is 41.2 Å². The smallest absolute Gasteiger partial charge is 0.257 e. The molecule has 0 atom stereocenters. The molecule has 1 amide bonds. The van der Waals surface area contributed by atoms with Gasteiger partial charge in [0.2, 0.25) is 5.28 Å². The van der Waals surface area contributed by atoms with Gasteiger partial charge in [-0.25, -0.2) is 4.98 Å². The van der Waals surface area contributed by atoms with Crippen LogP contribution >= 0.6 is 11.6 Å². The molecule has 0 aliphatic heterocycles. The highest BCUT2D eigenvalue weighted by Gasteiger charge is 2.19. The molecule has 21 heavy (non-hydrogen) atoms. The minimum atomic E-state index is -0.330. The number of hydrogen-bond donors (Lipinski definition) is 2. The van der Waals surface area contributed by atoms with E-state index in [1.54, 1.807) is 0 Å². The third kappa shape index (κ3) is 6.73. The summed E-state index contributed by atoms with van der Waals surface area (Å²) >= 11 is 5.80. The number of carbonyl (C=O) groups excluding carboxylic acids is 1. The zero-order chi connectivity index (χ0) is 15.9. The Kier molecular flexibility index (Phi) is 6.84. The van der Waals surface area contributed by atoms with E-state index in [-0.39, 0.29) is 16.7 Å². The first kappa shape index (κ1) is 17.7. The van der Waals surface area contributed by atoms with Crippen LogP contribution < -0.4 is 10.6 Å². The van der Waals surface area contributed by atoms with Crippen molar-refractivity contribution in [1.82, 2.24) is 15.3 Å². The monoisotopic (exact) mass is 314 g/mol. The lowest BCUT2D eigenvalue weighted by Crippen LogP contribution is -2.41. The Morgan fingerprint density at radius 2 is 2.14 bits per heavy atom. The van der Waals surface area contributed by atoms with Crippen LogP contribution in [-0.2, 0) is 4.74 Å². The molecule has 0 bridgehead atoms. The van der Waals surface area contributed by atoms with E-state index in [0.29, 0.717) is 31.1 Å². The summed E-state index contributed by atoms with van der Waals surface area (Å²) in [5.41, 5.74) is 0.0499. The molecule has 0 aliphatic rings. The minimum absolute atomic E-state index is 0.106. The minimum Gasteiger partial charge on any atom is -0.382 e. The number of hydrogen-bond acceptors (Lipinski definition) is 5. The van der Waals surface area contributed by atoms with Gasteiger partial charge < -0.3 is 15.4 Å². The summed E-state index contributed by atoms with van der Waals surface area (Å²) in [6.45, 7) is 9.69. The molecule has 0 fully saturated rings. The number of nitrogens with one attached hydrogen (secondary N) is 2. The van der Waals surface area contributed by atoms with Crippen molar-refractivity contribution in [3.8, 4) is 0 Å². The van der Waals surface area contributed by atoms with E-state index in [1.165, 1.54) is 6.20 Å². The van der Waals surface area contributed by atoms with Crippen LogP contribution in [0.2, 0.25) is 5.28 Å². The van der Waals surface area contributed by atoms with E-state index in [0.717, 1.165) is 6.42 Å². The second kappa shape index (κ2) is 8.14. The van der Waals surface area contributed by atoms with E-state index in [9.17, 15) is 4.79 Å². The maximum atomic E-state index is 12.2. The zero-order valence-electron chi connectivity index (χ0n) is 13.0. The lowest BCUT2D eigenvalue weighted by molar-refractivity contribution is 0.0919. The molecular weight excluding hydrogens is 292 g/mol. The van der Waals surface area contributed by atoms with Crippen molar-refractivity contribution in [2.24, 2.45) is 0 Å². The standard InChI is InChI=1S/C14H23ClN4O2/c1-5-21-8-6-7-16-11-10(9-17-13(15)18-11)12(20)19-14(2,3)4/h9H,5-8H2,1-4H3,(H,19,20)(H,16,17,18). The van der Waals surface area contributed by atoms with Gasteiger partial charge in [0.15, 0.2) is 0 Å². The number of carbonyl (C=O) groups is 1. The summed E-state index contributed by atoms with van der Waals surface area (Å²) in [7, 11) is 0. The highest BCUT2D eigenvalue weighted by atomic mass is 35.5. The summed E-state index contributed by atoms with van der Waals surface area (Å²) in [5, 5.41) is 6.09. The van der Waals surface area contributed by atoms with Crippen LogP contribution in [0.1, 0.15) is 44.5 Å². The molecule has 0 saturated heterocycles. The molecule has 7 heteroatoms. The Morgan fingerprint density at radius 1 is 1.43 bits per heavy atom. The first-order chi connectivity index (χ1) is 9.83. The van der Waals surface area contributed by atoms with Gasteiger partial charge in [0.1, 0.15) is 11.4 Å². The lowest BCUT2D eigenvalue weighted by atomic mass is 10.1. The molecule has 0 aliphatic carbocycles. The molecule has 0 saturated carbocycles. The molecule has 118 valence electrons. The Morgan fingerprint density at radius 3 is 2.76 bits per heavy atom. The van der Waals surface area contributed by atoms with Crippen molar-refractivity contribution < 1.29 is 9.53 Å². The molecule has 1 aromatic heterocycles. The van der Waals surface area contributed by atoms with Crippen LogP contribution in [0, 0.1) is 0 Å². The Labute approximate surface area is 130 Å². The molecule has 2 N–H and O–H groups in total. The van der Waals surface area contributed by atoms with Gasteiger partial charge in [0.05, 0.1) is 0 Å². The van der Waals surface area contributed by atoms with Gasteiger partial charge in [-0.15, -0.1) is 0 Å². The first-order valence-corrected chi connectivity index (χ1v) is 7.38. The van der Waals surface area contributed by atoms with E-state index in [4.69, 9.17) is 16.3 Å². The van der Waals surface area contributed by atoms with Gasteiger partial charge >= 0.3 is 0 Å². The summed E-state index contributed by atoms with van der Waals surface area (Å²) in [6, 6.07) is 0. The van der Waals surface area contributed by atoms with Crippen molar-refractivity contribution in [3.05, 3.63) is 17.0 Å². The third-order valence-electron chi connectivity index (χ3n) is 2.45. The predicted octanol–water partition coefficient (Wildman–Crippen LogP) is 2.50. The number of halogens is 1. The average Bonchev–Trinajstić information content (AvgIpc) is 2.36. The molecule has 1 heterocycles. The molecule has 1 aromatic rings. The number of amides is 1. The number of anilines is 1. The van der Waals surface area contributed by atoms with Crippen LogP contribution in [0.5, 0.6) is 0 Å². The summed E-state index contributed by atoms with van der Waals surface area (Å²) in [4.78, 5) is 20.2. The number of rotatable bonds is 7. The van der Waals surface area contributed by atoms with E-state index in [2.05, 4.69) is 20.6 Å². The van der Waals surface area contributed by atoms with Crippen molar-refractivity contribution in [1.29, 1.82) is 0 Å². The van der Waals surface area contributed by atoms with Gasteiger partial charge in [-0.2, -0.15) is 4.98 Å². The normalized spacial score (nSPS) is 11.3. The fraction of sp³-hybridized carbons (Fsp3) is 0.643. The van der Waals surface area contributed by atoms with Crippen molar-refractivity contribution >= 4 is 23.3 Å². The molecule has 0 unspecified atom stereocenters.